The van der Waals surface area contributed by atoms with Crippen LogP contribution < -0.4 is 10.1 Å². The average Bonchev–Trinajstić information content (AvgIpc) is 2.48. The minimum Gasteiger partial charge on any atom is -0.494 e. The number of hydrogen-bond donors (Lipinski definition) is 1. The first-order chi connectivity index (χ1) is 9.76. The van der Waals surface area contributed by atoms with E-state index in [0.717, 1.165) is 27.9 Å². The van der Waals surface area contributed by atoms with Gasteiger partial charge in [0.2, 0.25) is 0 Å². The van der Waals surface area contributed by atoms with Gasteiger partial charge in [0.15, 0.2) is 0 Å². The van der Waals surface area contributed by atoms with Crippen molar-refractivity contribution >= 4 is 15.9 Å². The molecule has 0 saturated heterocycles. The third-order valence-corrected chi connectivity index (χ3v) is 3.50. The van der Waals surface area contributed by atoms with Gasteiger partial charge in [-0.25, -0.2) is 0 Å². The number of rotatable bonds is 6. The van der Waals surface area contributed by atoms with Crippen LogP contribution in [0, 0.1) is 0 Å². The Morgan fingerprint density at radius 2 is 2.15 bits per heavy atom. The van der Waals surface area contributed by atoms with Crippen molar-refractivity contribution in [3.8, 4) is 5.75 Å². The number of nitrogens with zero attached hydrogens (tertiary/aromatic N) is 1. The minimum atomic E-state index is 0.0766. The highest BCUT2D eigenvalue weighted by atomic mass is 79.9. The summed E-state index contributed by atoms with van der Waals surface area (Å²) in [6, 6.07) is 10.2. The van der Waals surface area contributed by atoms with E-state index in [-0.39, 0.29) is 6.04 Å². The Labute approximate surface area is 128 Å². The van der Waals surface area contributed by atoms with E-state index in [2.05, 4.69) is 45.3 Å². The summed E-state index contributed by atoms with van der Waals surface area (Å²) in [4.78, 5) is 4.22. The molecule has 1 atom stereocenters. The van der Waals surface area contributed by atoms with Crippen molar-refractivity contribution in [2.45, 2.75) is 19.9 Å². The molecule has 1 N–H and O–H groups in total. The third-order valence-electron chi connectivity index (χ3n) is 3.01. The second-order valence-corrected chi connectivity index (χ2v) is 5.31. The second kappa shape index (κ2) is 7.41. The van der Waals surface area contributed by atoms with E-state index < -0.39 is 0 Å². The van der Waals surface area contributed by atoms with E-state index in [1.807, 2.05) is 31.3 Å². The van der Waals surface area contributed by atoms with Crippen LogP contribution >= 0.6 is 15.9 Å². The Balaban J connectivity index is 2.45. The average molecular weight is 335 g/mol. The van der Waals surface area contributed by atoms with Gasteiger partial charge < -0.3 is 10.1 Å². The Hall–Kier alpha value is -1.39. The normalized spacial score (nSPS) is 12.2. The van der Waals surface area contributed by atoms with Gasteiger partial charge in [0.05, 0.1) is 12.6 Å². The molecule has 0 bridgehead atoms. The summed E-state index contributed by atoms with van der Waals surface area (Å²) in [6.07, 6.45) is 3.68. The van der Waals surface area contributed by atoms with E-state index in [9.17, 15) is 0 Å². The molecule has 2 rings (SSSR count). The monoisotopic (exact) mass is 334 g/mol. The highest BCUT2D eigenvalue weighted by Crippen LogP contribution is 2.32. The first kappa shape index (κ1) is 15.0. The minimum absolute atomic E-state index is 0.0766. The molecule has 0 aliphatic carbocycles. The molecule has 3 nitrogen and oxygen atoms in total. The molecule has 0 fully saturated rings. The van der Waals surface area contributed by atoms with Crippen molar-refractivity contribution in [2.75, 3.05) is 13.2 Å². The van der Waals surface area contributed by atoms with E-state index in [1.165, 1.54) is 0 Å². The zero-order chi connectivity index (χ0) is 14.4. The predicted octanol–water partition coefficient (Wildman–Crippen LogP) is 3.94. The van der Waals surface area contributed by atoms with Crippen molar-refractivity contribution in [1.29, 1.82) is 0 Å². The summed E-state index contributed by atoms with van der Waals surface area (Å²) < 4.78 is 6.80. The summed E-state index contributed by atoms with van der Waals surface area (Å²) in [5.74, 6) is 0.908. The van der Waals surface area contributed by atoms with E-state index in [4.69, 9.17) is 4.74 Å². The van der Waals surface area contributed by atoms with Crippen LogP contribution in [-0.2, 0) is 0 Å². The summed E-state index contributed by atoms with van der Waals surface area (Å²) in [6.45, 7) is 5.62. The van der Waals surface area contributed by atoms with Crippen LogP contribution in [0.25, 0.3) is 0 Å². The molecule has 1 unspecified atom stereocenters. The number of halogens is 1. The maximum absolute atomic E-state index is 5.76. The number of hydrogen-bond acceptors (Lipinski definition) is 3. The molecular formula is C16H19BrN2O. The van der Waals surface area contributed by atoms with Crippen LogP contribution in [0.3, 0.4) is 0 Å². The van der Waals surface area contributed by atoms with Crippen LogP contribution in [0.15, 0.2) is 47.2 Å². The quantitative estimate of drug-likeness (QED) is 0.868. The molecule has 20 heavy (non-hydrogen) atoms. The number of ether oxygens (including phenoxy) is 1. The smallest absolute Gasteiger partial charge is 0.124 e. The topological polar surface area (TPSA) is 34.2 Å². The van der Waals surface area contributed by atoms with E-state index >= 15 is 0 Å². The molecule has 4 heteroatoms. The lowest BCUT2D eigenvalue weighted by molar-refractivity contribution is 0.333. The molecule has 106 valence electrons. The fraction of sp³-hybridized carbons (Fsp3) is 0.312. The highest BCUT2D eigenvalue weighted by molar-refractivity contribution is 9.10. The van der Waals surface area contributed by atoms with Crippen LogP contribution in [0.1, 0.15) is 31.0 Å². The maximum Gasteiger partial charge on any atom is 0.124 e. The lowest BCUT2D eigenvalue weighted by Gasteiger charge is -2.21. The van der Waals surface area contributed by atoms with Crippen LogP contribution in [0.4, 0.5) is 0 Å². The summed E-state index contributed by atoms with van der Waals surface area (Å²) in [7, 11) is 0. The first-order valence-electron chi connectivity index (χ1n) is 6.81. The van der Waals surface area contributed by atoms with Gasteiger partial charge >= 0.3 is 0 Å². The third kappa shape index (κ3) is 3.58. The zero-order valence-corrected chi connectivity index (χ0v) is 13.4. The first-order valence-corrected chi connectivity index (χ1v) is 7.61. The number of pyridine rings is 1. The van der Waals surface area contributed by atoms with Crippen LogP contribution in [0.5, 0.6) is 5.75 Å². The van der Waals surface area contributed by atoms with Gasteiger partial charge in [-0.3, -0.25) is 4.98 Å². The summed E-state index contributed by atoms with van der Waals surface area (Å²) in [5, 5.41) is 3.50. The number of aromatic nitrogens is 1. The van der Waals surface area contributed by atoms with Crippen molar-refractivity contribution in [1.82, 2.24) is 10.3 Å². The van der Waals surface area contributed by atoms with E-state index in [1.54, 1.807) is 6.20 Å². The van der Waals surface area contributed by atoms with Gasteiger partial charge in [0.1, 0.15) is 5.75 Å². The lowest BCUT2D eigenvalue weighted by atomic mass is 9.99. The van der Waals surface area contributed by atoms with Crippen molar-refractivity contribution in [3.05, 3.63) is 58.3 Å². The Bertz CT molecular complexity index is 545. The Morgan fingerprint density at radius 3 is 2.80 bits per heavy atom. The fourth-order valence-electron chi connectivity index (χ4n) is 2.19. The van der Waals surface area contributed by atoms with E-state index in [0.29, 0.717) is 6.61 Å². The Kier molecular flexibility index (Phi) is 5.56. The molecule has 0 aliphatic heterocycles. The molecule has 1 aromatic carbocycles. The summed E-state index contributed by atoms with van der Waals surface area (Å²) in [5.41, 5.74) is 2.25. The zero-order valence-electron chi connectivity index (χ0n) is 11.8. The highest BCUT2D eigenvalue weighted by Gasteiger charge is 2.18. The van der Waals surface area contributed by atoms with Crippen LogP contribution in [-0.4, -0.2) is 18.1 Å². The SMILES string of the molecule is CCNC(c1cccnc1)c1cc(Br)ccc1OCC. The van der Waals surface area contributed by atoms with Crippen molar-refractivity contribution in [3.63, 3.8) is 0 Å². The molecule has 0 saturated carbocycles. The van der Waals surface area contributed by atoms with Crippen molar-refractivity contribution < 1.29 is 4.74 Å². The van der Waals surface area contributed by atoms with Gasteiger partial charge in [0.25, 0.3) is 0 Å². The largest absolute Gasteiger partial charge is 0.494 e. The second-order valence-electron chi connectivity index (χ2n) is 4.39. The molecule has 0 amide bonds. The molecule has 2 aromatic rings. The molecule has 0 spiro atoms. The molecule has 0 radical (unpaired) electrons. The van der Waals surface area contributed by atoms with Gasteiger partial charge in [0, 0.05) is 22.4 Å². The van der Waals surface area contributed by atoms with Gasteiger partial charge in [-0.15, -0.1) is 0 Å². The van der Waals surface area contributed by atoms with Gasteiger partial charge in [-0.2, -0.15) is 0 Å². The van der Waals surface area contributed by atoms with Gasteiger partial charge in [-0.1, -0.05) is 28.9 Å². The molecule has 0 aliphatic rings. The Morgan fingerprint density at radius 1 is 1.30 bits per heavy atom. The molecule has 1 heterocycles. The van der Waals surface area contributed by atoms with Crippen LogP contribution in [0.2, 0.25) is 0 Å². The molecular weight excluding hydrogens is 316 g/mol. The number of benzene rings is 1. The number of nitrogens with one attached hydrogen (secondary N) is 1. The maximum atomic E-state index is 5.76. The molecule has 1 aromatic heterocycles. The summed E-state index contributed by atoms with van der Waals surface area (Å²) >= 11 is 3.54. The van der Waals surface area contributed by atoms with Gasteiger partial charge in [-0.05, 0) is 43.3 Å². The fourth-order valence-corrected chi connectivity index (χ4v) is 2.57. The predicted molar refractivity (Wildman–Crippen MR) is 85.1 cm³/mol. The standard InChI is InChI=1S/C16H19BrN2O/c1-3-19-16(12-6-5-9-18-11-12)14-10-13(17)7-8-15(14)20-4-2/h5-11,16,19H,3-4H2,1-2H3. The van der Waals surface area contributed by atoms with Crippen molar-refractivity contribution in [2.24, 2.45) is 0 Å². The lowest BCUT2D eigenvalue weighted by Crippen LogP contribution is -2.22.